The molecule has 3 atom stereocenters. The zero-order valence-corrected chi connectivity index (χ0v) is 13.1. The van der Waals surface area contributed by atoms with Gasteiger partial charge in [0.1, 0.15) is 0 Å². The van der Waals surface area contributed by atoms with Gasteiger partial charge in [0.25, 0.3) is 0 Å². The van der Waals surface area contributed by atoms with E-state index in [4.69, 9.17) is 0 Å². The molecular weight excluding hydrogens is 270 g/mol. The van der Waals surface area contributed by atoms with E-state index < -0.39 is 5.60 Å². The Balaban J connectivity index is 1.60. The lowest BCUT2D eigenvalue weighted by Crippen LogP contribution is -2.56. The lowest BCUT2D eigenvalue weighted by molar-refractivity contribution is -0.0835. The number of benzene rings is 2. The van der Waals surface area contributed by atoms with E-state index in [-0.39, 0.29) is 6.04 Å². The van der Waals surface area contributed by atoms with Crippen molar-refractivity contribution in [1.82, 2.24) is 0 Å². The Bertz CT molecular complexity index is 666. The molecule has 0 bridgehead atoms. The number of nitrogens with one attached hydrogen (secondary N) is 1. The zero-order valence-electron chi connectivity index (χ0n) is 13.1. The molecule has 0 amide bonds. The lowest BCUT2D eigenvalue weighted by Gasteiger charge is -2.49. The maximum absolute atomic E-state index is 11.3. The second-order valence-electron chi connectivity index (χ2n) is 7.12. The molecule has 2 N–H and O–H groups in total. The van der Waals surface area contributed by atoms with E-state index in [1.807, 2.05) is 0 Å². The van der Waals surface area contributed by atoms with Crippen LogP contribution in [0.4, 0.5) is 5.69 Å². The van der Waals surface area contributed by atoms with Gasteiger partial charge in [0.15, 0.2) is 0 Å². The molecule has 22 heavy (non-hydrogen) atoms. The van der Waals surface area contributed by atoms with E-state index in [1.165, 1.54) is 42.9 Å². The molecule has 0 aromatic heterocycles. The normalized spacial score (nSPS) is 31.7. The molecule has 4 rings (SSSR count). The van der Waals surface area contributed by atoms with Gasteiger partial charge in [0.05, 0.1) is 11.6 Å². The minimum atomic E-state index is -0.498. The van der Waals surface area contributed by atoms with Gasteiger partial charge in [-0.05, 0) is 54.5 Å². The van der Waals surface area contributed by atoms with Crippen molar-refractivity contribution in [3.05, 3.63) is 42.5 Å². The first-order valence-electron chi connectivity index (χ1n) is 8.73. The van der Waals surface area contributed by atoms with Crippen LogP contribution in [0.5, 0.6) is 0 Å². The van der Waals surface area contributed by atoms with Crippen molar-refractivity contribution in [1.29, 1.82) is 0 Å². The van der Waals surface area contributed by atoms with E-state index in [9.17, 15) is 5.11 Å². The van der Waals surface area contributed by atoms with Crippen LogP contribution < -0.4 is 5.32 Å². The maximum atomic E-state index is 11.3. The molecule has 2 aromatic rings. The van der Waals surface area contributed by atoms with E-state index >= 15 is 0 Å². The summed E-state index contributed by atoms with van der Waals surface area (Å²) in [5.74, 6) is 0.493. The van der Waals surface area contributed by atoms with Gasteiger partial charge < -0.3 is 10.4 Å². The lowest BCUT2D eigenvalue weighted by atomic mass is 9.65. The molecule has 2 heteroatoms. The Morgan fingerprint density at radius 3 is 2.64 bits per heavy atom. The third-order valence-corrected chi connectivity index (χ3v) is 5.83. The second-order valence-corrected chi connectivity index (χ2v) is 7.12. The first kappa shape index (κ1) is 14.1. The summed E-state index contributed by atoms with van der Waals surface area (Å²) in [5, 5.41) is 17.5. The van der Waals surface area contributed by atoms with E-state index in [0.717, 1.165) is 18.5 Å². The van der Waals surface area contributed by atoms with Gasteiger partial charge in [-0.15, -0.1) is 0 Å². The van der Waals surface area contributed by atoms with Crippen LogP contribution in [-0.4, -0.2) is 16.7 Å². The molecule has 0 aliphatic heterocycles. The van der Waals surface area contributed by atoms with Gasteiger partial charge >= 0.3 is 0 Å². The van der Waals surface area contributed by atoms with Crippen molar-refractivity contribution in [2.24, 2.45) is 5.92 Å². The highest BCUT2D eigenvalue weighted by atomic mass is 16.3. The van der Waals surface area contributed by atoms with Crippen LogP contribution in [0, 0.1) is 5.92 Å². The van der Waals surface area contributed by atoms with Crippen molar-refractivity contribution in [2.75, 3.05) is 5.32 Å². The Morgan fingerprint density at radius 2 is 1.73 bits per heavy atom. The number of hydrogen-bond donors (Lipinski definition) is 2. The quantitative estimate of drug-likeness (QED) is 0.840. The third kappa shape index (κ3) is 2.40. The standard InChI is InChI=1S/C20H25NO/c22-20-13-4-3-8-17(20)9-5-10-19(20)21-18-12-11-15-6-1-2-7-16(15)14-18/h1-2,6-7,11-12,14,17,19,21-22H,3-5,8-10,13H2/t17-,19?,20-/m1/s1. The molecule has 2 aliphatic rings. The summed E-state index contributed by atoms with van der Waals surface area (Å²) in [7, 11) is 0. The molecule has 116 valence electrons. The fourth-order valence-electron chi connectivity index (χ4n) is 4.60. The Hall–Kier alpha value is -1.54. The molecule has 0 heterocycles. The monoisotopic (exact) mass is 295 g/mol. The molecule has 0 radical (unpaired) electrons. The first-order chi connectivity index (χ1) is 10.8. The number of aliphatic hydroxyl groups is 1. The SMILES string of the molecule is O[C@]12CCCC[C@@H]1CCCC2Nc1ccc2ccccc2c1. The molecule has 2 saturated carbocycles. The second kappa shape index (κ2) is 5.58. The van der Waals surface area contributed by atoms with Crippen LogP contribution in [0.2, 0.25) is 0 Å². The van der Waals surface area contributed by atoms with Crippen LogP contribution in [0.1, 0.15) is 44.9 Å². The van der Waals surface area contributed by atoms with Gasteiger partial charge in [0.2, 0.25) is 0 Å². The summed E-state index contributed by atoms with van der Waals surface area (Å²) in [6.45, 7) is 0. The minimum Gasteiger partial charge on any atom is -0.387 e. The maximum Gasteiger partial charge on any atom is 0.0875 e. The summed E-state index contributed by atoms with van der Waals surface area (Å²) in [5.41, 5.74) is 0.644. The summed E-state index contributed by atoms with van der Waals surface area (Å²) >= 11 is 0. The highest BCUT2D eigenvalue weighted by Crippen LogP contribution is 2.44. The van der Waals surface area contributed by atoms with Crippen LogP contribution in [0.25, 0.3) is 10.8 Å². The van der Waals surface area contributed by atoms with Gasteiger partial charge in [0, 0.05) is 5.69 Å². The molecule has 0 saturated heterocycles. The highest BCUT2D eigenvalue weighted by Gasteiger charge is 2.47. The fourth-order valence-corrected chi connectivity index (χ4v) is 4.60. The largest absolute Gasteiger partial charge is 0.387 e. The molecule has 0 spiro atoms. The number of fused-ring (bicyclic) bond motifs is 2. The van der Waals surface area contributed by atoms with E-state index in [2.05, 4.69) is 47.8 Å². The van der Waals surface area contributed by atoms with Crippen LogP contribution >= 0.6 is 0 Å². The van der Waals surface area contributed by atoms with E-state index in [1.54, 1.807) is 0 Å². The Morgan fingerprint density at radius 1 is 0.909 bits per heavy atom. The fraction of sp³-hybridized carbons (Fsp3) is 0.500. The Labute approximate surface area is 132 Å². The molecule has 2 nitrogen and oxygen atoms in total. The van der Waals surface area contributed by atoms with Crippen molar-refractivity contribution >= 4 is 16.5 Å². The van der Waals surface area contributed by atoms with Crippen molar-refractivity contribution in [3.8, 4) is 0 Å². The third-order valence-electron chi connectivity index (χ3n) is 5.83. The van der Waals surface area contributed by atoms with Crippen molar-refractivity contribution in [2.45, 2.75) is 56.6 Å². The average molecular weight is 295 g/mol. The van der Waals surface area contributed by atoms with Crippen LogP contribution in [0.3, 0.4) is 0 Å². The topological polar surface area (TPSA) is 32.3 Å². The molecule has 1 unspecified atom stereocenters. The van der Waals surface area contributed by atoms with Crippen molar-refractivity contribution in [3.63, 3.8) is 0 Å². The predicted molar refractivity (Wildman–Crippen MR) is 92.1 cm³/mol. The van der Waals surface area contributed by atoms with Crippen LogP contribution in [-0.2, 0) is 0 Å². The molecule has 2 aliphatic carbocycles. The summed E-state index contributed by atoms with van der Waals surface area (Å²) in [6, 6.07) is 15.2. The predicted octanol–water partition coefficient (Wildman–Crippen LogP) is 4.73. The van der Waals surface area contributed by atoms with E-state index in [0.29, 0.717) is 5.92 Å². The molecule has 2 fully saturated rings. The smallest absolute Gasteiger partial charge is 0.0875 e. The summed E-state index contributed by atoms with van der Waals surface area (Å²) in [4.78, 5) is 0. The molecular formula is C20H25NO. The number of hydrogen-bond acceptors (Lipinski definition) is 2. The van der Waals surface area contributed by atoms with Gasteiger partial charge in [-0.1, -0.05) is 49.6 Å². The van der Waals surface area contributed by atoms with Gasteiger partial charge in [-0.3, -0.25) is 0 Å². The minimum absolute atomic E-state index is 0.202. The number of anilines is 1. The van der Waals surface area contributed by atoms with Gasteiger partial charge in [-0.25, -0.2) is 0 Å². The first-order valence-corrected chi connectivity index (χ1v) is 8.73. The van der Waals surface area contributed by atoms with Crippen molar-refractivity contribution < 1.29 is 5.11 Å². The summed E-state index contributed by atoms with van der Waals surface area (Å²) in [6.07, 6.45) is 8.14. The van der Waals surface area contributed by atoms with Gasteiger partial charge in [-0.2, -0.15) is 0 Å². The Kier molecular flexibility index (Phi) is 3.57. The number of rotatable bonds is 2. The zero-order chi connectivity index (χ0) is 15.0. The highest BCUT2D eigenvalue weighted by molar-refractivity contribution is 5.85. The van der Waals surface area contributed by atoms with Crippen LogP contribution in [0.15, 0.2) is 42.5 Å². The summed E-state index contributed by atoms with van der Waals surface area (Å²) < 4.78 is 0. The molecule has 2 aromatic carbocycles. The average Bonchev–Trinajstić information content (AvgIpc) is 2.55.